The van der Waals surface area contributed by atoms with Gasteiger partial charge in [0.15, 0.2) is 0 Å². The van der Waals surface area contributed by atoms with Gasteiger partial charge in [0.2, 0.25) is 5.91 Å². The van der Waals surface area contributed by atoms with Crippen LogP contribution in [0.3, 0.4) is 0 Å². The van der Waals surface area contributed by atoms with E-state index in [9.17, 15) is 14.4 Å². The van der Waals surface area contributed by atoms with E-state index in [1.165, 1.54) is 24.2 Å². The monoisotopic (exact) mass is 372 g/mol. The Morgan fingerprint density at radius 3 is 2.26 bits per heavy atom. The third-order valence-electron chi connectivity index (χ3n) is 5.29. The highest BCUT2D eigenvalue weighted by Crippen LogP contribution is 2.22. The molecular formula is C22H32N2O3. The van der Waals surface area contributed by atoms with Crippen LogP contribution in [0.15, 0.2) is 24.3 Å². The Morgan fingerprint density at radius 1 is 1.00 bits per heavy atom. The van der Waals surface area contributed by atoms with Crippen LogP contribution in [0, 0.1) is 5.92 Å². The highest BCUT2D eigenvalue weighted by atomic mass is 16.2. The lowest BCUT2D eigenvalue weighted by Gasteiger charge is -2.15. The summed E-state index contributed by atoms with van der Waals surface area (Å²) < 4.78 is 0. The van der Waals surface area contributed by atoms with Crippen molar-refractivity contribution in [2.24, 2.45) is 5.92 Å². The fourth-order valence-corrected chi connectivity index (χ4v) is 3.46. The standard InChI is InChI=1S/C22H32N2O3/c1-3-5-11-17(4-2)16-23-20(25)14-7-6-10-15-24-21(26)18-12-8-9-13-19(18)22(24)27/h8-9,12-13,17H,3-7,10-11,14-16H2,1-2H3,(H,23,25)/t17-/m0/s1. The smallest absolute Gasteiger partial charge is 0.261 e. The summed E-state index contributed by atoms with van der Waals surface area (Å²) in [7, 11) is 0. The summed E-state index contributed by atoms with van der Waals surface area (Å²) in [6, 6.07) is 6.95. The molecule has 1 aromatic carbocycles. The highest BCUT2D eigenvalue weighted by molar-refractivity contribution is 6.21. The zero-order valence-corrected chi connectivity index (χ0v) is 16.6. The van der Waals surface area contributed by atoms with Crippen molar-refractivity contribution in [3.63, 3.8) is 0 Å². The number of imide groups is 1. The van der Waals surface area contributed by atoms with Crippen molar-refractivity contribution < 1.29 is 14.4 Å². The number of carbonyl (C=O) groups excluding carboxylic acids is 3. The van der Waals surface area contributed by atoms with Gasteiger partial charge in [-0.1, -0.05) is 51.7 Å². The molecule has 1 N–H and O–H groups in total. The molecule has 1 aliphatic heterocycles. The van der Waals surface area contributed by atoms with Crippen LogP contribution >= 0.6 is 0 Å². The van der Waals surface area contributed by atoms with Crippen LogP contribution in [0.4, 0.5) is 0 Å². The summed E-state index contributed by atoms with van der Waals surface area (Å²) >= 11 is 0. The Balaban J connectivity index is 1.62. The summed E-state index contributed by atoms with van der Waals surface area (Å²) in [5.74, 6) is 0.269. The molecule has 0 fully saturated rings. The second-order valence-corrected chi connectivity index (χ2v) is 7.34. The molecule has 1 aromatic rings. The van der Waals surface area contributed by atoms with Crippen LogP contribution in [-0.4, -0.2) is 35.7 Å². The van der Waals surface area contributed by atoms with Crippen LogP contribution in [0.25, 0.3) is 0 Å². The van der Waals surface area contributed by atoms with Gasteiger partial charge in [0.25, 0.3) is 11.8 Å². The molecule has 0 bridgehead atoms. The molecule has 0 radical (unpaired) electrons. The Kier molecular flexibility index (Phi) is 8.49. The number of unbranched alkanes of at least 4 members (excludes halogenated alkanes) is 3. The number of benzene rings is 1. The minimum Gasteiger partial charge on any atom is -0.356 e. The molecule has 1 aliphatic rings. The fourth-order valence-electron chi connectivity index (χ4n) is 3.46. The van der Waals surface area contributed by atoms with Crippen molar-refractivity contribution in [3.8, 4) is 0 Å². The minimum atomic E-state index is -0.203. The van der Waals surface area contributed by atoms with Crippen molar-refractivity contribution in [2.45, 2.75) is 65.2 Å². The number of fused-ring (bicyclic) bond motifs is 1. The molecule has 27 heavy (non-hydrogen) atoms. The number of hydrogen-bond donors (Lipinski definition) is 1. The average Bonchev–Trinajstić information content (AvgIpc) is 2.93. The van der Waals surface area contributed by atoms with Crippen molar-refractivity contribution in [3.05, 3.63) is 35.4 Å². The van der Waals surface area contributed by atoms with Crippen LogP contribution in [0.1, 0.15) is 85.9 Å². The van der Waals surface area contributed by atoms with Gasteiger partial charge >= 0.3 is 0 Å². The molecular weight excluding hydrogens is 340 g/mol. The Bertz CT molecular complexity index is 622. The first-order valence-electron chi connectivity index (χ1n) is 10.3. The lowest BCUT2D eigenvalue weighted by Crippen LogP contribution is -2.31. The second kappa shape index (κ2) is 10.9. The molecule has 5 nitrogen and oxygen atoms in total. The van der Waals surface area contributed by atoms with E-state index in [4.69, 9.17) is 0 Å². The third-order valence-corrected chi connectivity index (χ3v) is 5.29. The molecule has 0 unspecified atom stereocenters. The fraction of sp³-hybridized carbons (Fsp3) is 0.591. The number of carbonyl (C=O) groups is 3. The quantitative estimate of drug-likeness (QED) is 0.442. The molecule has 0 aliphatic carbocycles. The molecule has 0 saturated carbocycles. The van der Waals surface area contributed by atoms with E-state index >= 15 is 0 Å². The lowest BCUT2D eigenvalue weighted by atomic mass is 9.99. The molecule has 5 heteroatoms. The summed E-state index contributed by atoms with van der Waals surface area (Å²) in [4.78, 5) is 37.8. The van der Waals surface area contributed by atoms with Gasteiger partial charge in [-0.05, 0) is 37.3 Å². The lowest BCUT2D eigenvalue weighted by molar-refractivity contribution is -0.121. The van der Waals surface area contributed by atoms with E-state index in [-0.39, 0.29) is 17.7 Å². The molecule has 2 rings (SSSR count). The topological polar surface area (TPSA) is 66.5 Å². The van der Waals surface area contributed by atoms with E-state index in [0.717, 1.165) is 32.2 Å². The predicted octanol–water partition coefficient (Wildman–Crippen LogP) is 4.18. The maximum absolute atomic E-state index is 12.3. The first-order chi connectivity index (χ1) is 13.1. The van der Waals surface area contributed by atoms with Gasteiger partial charge in [0.05, 0.1) is 11.1 Å². The Morgan fingerprint density at radius 2 is 1.67 bits per heavy atom. The van der Waals surface area contributed by atoms with E-state index in [2.05, 4.69) is 19.2 Å². The van der Waals surface area contributed by atoms with Crippen molar-refractivity contribution in [1.82, 2.24) is 10.2 Å². The van der Waals surface area contributed by atoms with E-state index in [1.54, 1.807) is 24.3 Å². The van der Waals surface area contributed by atoms with E-state index in [0.29, 0.717) is 30.0 Å². The summed E-state index contributed by atoms with van der Waals surface area (Å²) in [5, 5.41) is 3.04. The molecule has 1 heterocycles. The zero-order chi connectivity index (χ0) is 19.6. The van der Waals surface area contributed by atoms with Crippen LogP contribution < -0.4 is 5.32 Å². The van der Waals surface area contributed by atoms with Gasteiger partial charge < -0.3 is 5.32 Å². The van der Waals surface area contributed by atoms with Crippen molar-refractivity contribution in [1.29, 1.82) is 0 Å². The Hall–Kier alpha value is -2.17. The molecule has 1 atom stereocenters. The molecule has 0 spiro atoms. The van der Waals surface area contributed by atoms with E-state index < -0.39 is 0 Å². The summed E-state index contributed by atoms with van der Waals surface area (Å²) in [6.45, 7) is 5.55. The van der Waals surface area contributed by atoms with Gasteiger partial charge in [-0.3, -0.25) is 19.3 Å². The van der Waals surface area contributed by atoms with E-state index in [1.807, 2.05) is 0 Å². The maximum atomic E-state index is 12.3. The SMILES string of the molecule is CCCC[C@H](CC)CNC(=O)CCCCCN1C(=O)c2ccccc2C1=O. The number of amides is 3. The molecule has 148 valence electrons. The molecule has 0 aromatic heterocycles. The first kappa shape index (κ1) is 21.1. The largest absolute Gasteiger partial charge is 0.356 e. The van der Waals surface area contributed by atoms with Crippen molar-refractivity contribution >= 4 is 17.7 Å². The number of rotatable bonds is 12. The number of nitrogens with one attached hydrogen (secondary N) is 1. The maximum Gasteiger partial charge on any atom is 0.261 e. The van der Waals surface area contributed by atoms with Crippen molar-refractivity contribution in [2.75, 3.05) is 13.1 Å². The van der Waals surface area contributed by atoms with Gasteiger partial charge in [-0.2, -0.15) is 0 Å². The second-order valence-electron chi connectivity index (χ2n) is 7.34. The molecule has 3 amide bonds. The van der Waals surface area contributed by atoms with Gasteiger partial charge in [0, 0.05) is 19.5 Å². The number of nitrogens with zero attached hydrogens (tertiary/aromatic N) is 1. The normalized spacial score (nSPS) is 14.4. The minimum absolute atomic E-state index is 0.102. The van der Waals surface area contributed by atoms with Gasteiger partial charge in [0.1, 0.15) is 0 Å². The summed E-state index contributed by atoms with van der Waals surface area (Å²) in [5.41, 5.74) is 0.992. The Labute approximate surface area is 162 Å². The van der Waals surface area contributed by atoms with Gasteiger partial charge in [-0.25, -0.2) is 0 Å². The van der Waals surface area contributed by atoms with Crippen LogP contribution in [-0.2, 0) is 4.79 Å². The zero-order valence-electron chi connectivity index (χ0n) is 16.6. The third kappa shape index (κ3) is 5.91. The van der Waals surface area contributed by atoms with Crippen LogP contribution in [0.2, 0.25) is 0 Å². The number of hydrogen-bond acceptors (Lipinski definition) is 3. The van der Waals surface area contributed by atoms with Gasteiger partial charge in [-0.15, -0.1) is 0 Å². The van der Waals surface area contributed by atoms with Crippen LogP contribution in [0.5, 0.6) is 0 Å². The molecule has 0 saturated heterocycles. The highest BCUT2D eigenvalue weighted by Gasteiger charge is 2.34. The predicted molar refractivity (Wildman–Crippen MR) is 107 cm³/mol. The first-order valence-corrected chi connectivity index (χ1v) is 10.3. The summed E-state index contributed by atoms with van der Waals surface area (Å²) in [6.07, 6.45) is 7.52. The average molecular weight is 373 g/mol.